The average molecular weight is 428 g/mol. The molecule has 3 heterocycles. The van der Waals surface area contributed by atoms with Crippen LogP contribution in [-0.4, -0.2) is 30.4 Å². The zero-order chi connectivity index (χ0) is 20.7. The maximum absolute atomic E-state index is 15.0. The van der Waals surface area contributed by atoms with Crippen molar-refractivity contribution in [2.75, 3.05) is 0 Å². The first kappa shape index (κ1) is 19.0. The maximum atomic E-state index is 15.0. The topological polar surface area (TPSA) is 96.7 Å². The first-order chi connectivity index (χ1) is 13.9. The Morgan fingerprint density at radius 1 is 1.34 bits per heavy atom. The molecule has 0 unspecified atom stereocenters. The summed E-state index contributed by atoms with van der Waals surface area (Å²) < 4.78 is 18.0. The molecule has 4 aromatic rings. The van der Waals surface area contributed by atoms with Crippen molar-refractivity contribution in [1.82, 2.24) is 19.3 Å². The number of aromatic carboxylic acids is 1. The highest BCUT2D eigenvalue weighted by Gasteiger charge is 2.24. The van der Waals surface area contributed by atoms with Gasteiger partial charge >= 0.3 is 5.97 Å². The molecule has 4 rings (SSSR count). The van der Waals surface area contributed by atoms with E-state index in [1.54, 1.807) is 31.4 Å². The molecule has 29 heavy (non-hydrogen) atoms. The Hall–Kier alpha value is -3.35. The van der Waals surface area contributed by atoms with Crippen molar-refractivity contribution in [3.8, 4) is 11.8 Å². The number of halogens is 2. The average Bonchev–Trinajstić information content (AvgIpc) is 3.26. The van der Waals surface area contributed by atoms with E-state index in [2.05, 4.69) is 16.2 Å². The quantitative estimate of drug-likeness (QED) is 0.522. The predicted molar refractivity (Wildman–Crippen MR) is 105 cm³/mol. The molecule has 0 radical (unpaired) electrons. The van der Waals surface area contributed by atoms with Crippen LogP contribution in [0.5, 0.6) is 0 Å². The van der Waals surface area contributed by atoms with Crippen LogP contribution in [0.15, 0.2) is 52.6 Å². The fourth-order valence-corrected chi connectivity index (χ4v) is 4.12. The SMILES string of the molecule is Cn1cc(-n2c(C#N)c(Sc3cccc(C(=O)O)n3)c3ccc(Cl)c(F)c32)cn1. The van der Waals surface area contributed by atoms with Gasteiger partial charge in [-0.15, -0.1) is 0 Å². The van der Waals surface area contributed by atoms with Crippen LogP contribution in [0.1, 0.15) is 16.2 Å². The summed E-state index contributed by atoms with van der Waals surface area (Å²) in [6, 6.07) is 9.71. The lowest BCUT2D eigenvalue weighted by Gasteiger charge is -2.05. The van der Waals surface area contributed by atoms with Crippen LogP contribution in [0.25, 0.3) is 16.6 Å². The molecule has 1 N–H and O–H groups in total. The van der Waals surface area contributed by atoms with E-state index in [9.17, 15) is 14.4 Å². The number of nitriles is 1. The monoisotopic (exact) mass is 427 g/mol. The second-order valence-electron chi connectivity index (χ2n) is 6.02. The number of nitrogens with zero attached hydrogens (tertiary/aromatic N) is 5. The van der Waals surface area contributed by atoms with Crippen molar-refractivity contribution < 1.29 is 14.3 Å². The van der Waals surface area contributed by atoms with Crippen molar-refractivity contribution in [3.05, 3.63) is 65.0 Å². The molecular weight excluding hydrogens is 417 g/mol. The van der Waals surface area contributed by atoms with Gasteiger partial charge in [-0.25, -0.2) is 14.2 Å². The van der Waals surface area contributed by atoms with Gasteiger partial charge in [-0.05, 0) is 24.3 Å². The van der Waals surface area contributed by atoms with Crippen LogP contribution in [-0.2, 0) is 7.05 Å². The third-order valence-electron chi connectivity index (χ3n) is 4.18. The number of benzene rings is 1. The summed E-state index contributed by atoms with van der Waals surface area (Å²) in [5.41, 5.74) is 0.675. The van der Waals surface area contributed by atoms with Gasteiger partial charge in [0.15, 0.2) is 5.82 Å². The highest BCUT2D eigenvalue weighted by Crippen LogP contribution is 2.41. The fourth-order valence-electron chi connectivity index (χ4n) is 2.96. The maximum Gasteiger partial charge on any atom is 0.354 e. The normalized spacial score (nSPS) is 11.0. The zero-order valence-corrected chi connectivity index (χ0v) is 16.4. The van der Waals surface area contributed by atoms with Crippen LogP contribution in [0, 0.1) is 17.1 Å². The standard InChI is InChI=1S/C19H11ClFN5O2S/c1-25-9-10(8-23-25)26-14(7-22)18(11-5-6-12(20)16(21)17(11)26)29-15-4-2-3-13(24-15)19(27)28/h2-6,8-9H,1H3,(H,27,28). The van der Waals surface area contributed by atoms with Gasteiger partial charge in [0, 0.05) is 18.6 Å². The predicted octanol–water partition coefficient (Wildman–Crippen LogP) is 4.27. The second-order valence-corrected chi connectivity index (χ2v) is 7.46. The highest BCUT2D eigenvalue weighted by molar-refractivity contribution is 7.99. The van der Waals surface area contributed by atoms with Gasteiger partial charge in [-0.1, -0.05) is 29.4 Å². The first-order valence-corrected chi connectivity index (χ1v) is 9.40. The molecule has 0 saturated heterocycles. The molecule has 1 aromatic carbocycles. The van der Waals surface area contributed by atoms with Gasteiger partial charge in [0.25, 0.3) is 0 Å². The summed E-state index contributed by atoms with van der Waals surface area (Å²) in [5.74, 6) is -1.83. The third-order valence-corrected chi connectivity index (χ3v) is 5.53. The minimum atomic E-state index is -1.16. The number of hydrogen-bond donors (Lipinski definition) is 1. The van der Waals surface area contributed by atoms with E-state index in [4.69, 9.17) is 16.7 Å². The summed E-state index contributed by atoms with van der Waals surface area (Å²) in [6.45, 7) is 0. The molecule has 0 spiro atoms. The van der Waals surface area contributed by atoms with E-state index in [1.165, 1.54) is 27.6 Å². The number of hydrogen-bond acceptors (Lipinski definition) is 5. The summed E-state index contributed by atoms with van der Waals surface area (Å²) in [7, 11) is 1.71. The van der Waals surface area contributed by atoms with Gasteiger partial charge in [0.2, 0.25) is 0 Å². The Morgan fingerprint density at radius 3 is 2.79 bits per heavy atom. The molecule has 0 amide bonds. The Balaban J connectivity index is 2.00. The van der Waals surface area contributed by atoms with E-state index < -0.39 is 11.8 Å². The number of fused-ring (bicyclic) bond motifs is 1. The molecule has 0 aliphatic heterocycles. The van der Waals surface area contributed by atoms with Crippen LogP contribution in [0.4, 0.5) is 4.39 Å². The fraction of sp³-hybridized carbons (Fsp3) is 0.0526. The molecule has 0 atom stereocenters. The van der Waals surface area contributed by atoms with E-state index >= 15 is 0 Å². The van der Waals surface area contributed by atoms with Crippen LogP contribution in [0.3, 0.4) is 0 Å². The van der Waals surface area contributed by atoms with Gasteiger partial charge in [-0.3, -0.25) is 9.25 Å². The molecule has 144 valence electrons. The summed E-state index contributed by atoms with van der Waals surface area (Å²) in [5, 5.41) is 23.9. The van der Waals surface area contributed by atoms with E-state index in [0.29, 0.717) is 21.0 Å². The molecule has 0 bridgehead atoms. The molecular formula is C19H11ClFN5O2S. The number of carbonyl (C=O) groups is 1. The van der Waals surface area contributed by atoms with Gasteiger partial charge in [0.05, 0.1) is 27.3 Å². The number of aryl methyl sites for hydroxylation is 1. The summed E-state index contributed by atoms with van der Waals surface area (Å²) in [6.07, 6.45) is 3.16. The van der Waals surface area contributed by atoms with E-state index in [1.807, 2.05) is 0 Å². The van der Waals surface area contributed by atoms with Crippen LogP contribution >= 0.6 is 23.4 Å². The van der Waals surface area contributed by atoms with Gasteiger partial charge in [-0.2, -0.15) is 10.4 Å². The van der Waals surface area contributed by atoms with Crippen molar-refractivity contribution in [2.24, 2.45) is 7.05 Å². The first-order valence-electron chi connectivity index (χ1n) is 8.20. The lowest BCUT2D eigenvalue weighted by molar-refractivity contribution is 0.0689. The Morgan fingerprint density at radius 2 is 2.14 bits per heavy atom. The summed E-state index contributed by atoms with van der Waals surface area (Å²) in [4.78, 5) is 15.7. The number of carboxylic acids is 1. The Labute approximate surface area is 173 Å². The molecule has 0 fully saturated rings. The molecule has 0 aliphatic rings. The minimum Gasteiger partial charge on any atom is -0.477 e. The zero-order valence-electron chi connectivity index (χ0n) is 14.8. The number of aromatic nitrogens is 4. The van der Waals surface area contributed by atoms with Crippen molar-refractivity contribution in [2.45, 2.75) is 9.92 Å². The lowest BCUT2D eigenvalue weighted by atomic mass is 10.2. The Kier molecular flexibility index (Phi) is 4.74. The Bertz CT molecular complexity index is 1320. The summed E-state index contributed by atoms with van der Waals surface area (Å²) >= 11 is 7.08. The van der Waals surface area contributed by atoms with Crippen molar-refractivity contribution >= 4 is 40.2 Å². The molecule has 0 saturated carbocycles. The molecule has 10 heteroatoms. The van der Waals surface area contributed by atoms with Crippen molar-refractivity contribution in [3.63, 3.8) is 0 Å². The van der Waals surface area contributed by atoms with Crippen molar-refractivity contribution in [1.29, 1.82) is 5.26 Å². The number of pyridine rings is 1. The van der Waals surface area contributed by atoms with Gasteiger partial charge in [0.1, 0.15) is 22.5 Å². The lowest BCUT2D eigenvalue weighted by Crippen LogP contribution is -2.00. The van der Waals surface area contributed by atoms with Crippen LogP contribution < -0.4 is 0 Å². The van der Waals surface area contributed by atoms with Gasteiger partial charge < -0.3 is 5.11 Å². The largest absolute Gasteiger partial charge is 0.477 e. The number of carboxylic acid groups (broad SMARTS) is 1. The minimum absolute atomic E-state index is 0.0767. The smallest absolute Gasteiger partial charge is 0.354 e. The third kappa shape index (κ3) is 3.22. The number of rotatable bonds is 4. The molecule has 7 nitrogen and oxygen atoms in total. The second kappa shape index (κ2) is 7.24. The van der Waals surface area contributed by atoms with E-state index in [0.717, 1.165) is 11.8 Å². The molecule has 3 aromatic heterocycles. The molecule has 0 aliphatic carbocycles. The van der Waals surface area contributed by atoms with E-state index in [-0.39, 0.29) is 21.9 Å². The highest BCUT2D eigenvalue weighted by atomic mass is 35.5. The van der Waals surface area contributed by atoms with Crippen LogP contribution in [0.2, 0.25) is 5.02 Å².